The number of aliphatic hydroxyl groups excluding tert-OH is 1. The first kappa shape index (κ1) is 15.8. The van der Waals surface area contributed by atoms with Gasteiger partial charge in [-0.3, -0.25) is 0 Å². The molecule has 2 aliphatic carbocycles. The molecule has 3 aliphatic rings. The molecule has 4 unspecified atom stereocenters. The minimum Gasteiger partial charge on any atom is -0.508 e. The lowest BCUT2D eigenvalue weighted by molar-refractivity contribution is -0.0466. The van der Waals surface area contributed by atoms with Crippen LogP contribution in [0.15, 0.2) is 35.6 Å². The van der Waals surface area contributed by atoms with Crippen molar-refractivity contribution in [2.75, 3.05) is 18.9 Å². The quantitative estimate of drug-likeness (QED) is 0.794. The number of anilines is 1. The number of fused-ring (bicyclic) bond motifs is 1. The number of rotatable bonds is 4. The van der Waals surface area contributed by atoms with E-state index in [0.717, 1.165) is 24.4 Å². The normalized spacial score (nSPS) is 37.8. The van der Waals surface area contributed by atoms with Gasteiger partial charge in [-0.05, 0) is 70.0 Å². The second-order valence-corrected chi connectivity index (χ2v) is 7.87. The molecule has 0 radical (unpaired) electrons. The first-order valence-corrected chi connectivity index (χ1v) is 8.76. The van der Waals surface area contributed by atoms with Gasteiger partial charge in [0.25, 0.3) is 0 Å². The summed E-state index contributed by atoms with van der Waals surface area (Å²) in [6.07, 6.45) is 6.14. The summed E-state index contributed by atoms with van der Waals surface area (Å²) >= 11 is 0. The topological polar surface area (TPSA) is 72.4 Å². The van der Waals surface area contributed by atoms with E-state index in [9.17, 15) is 5.11 Å². The van der Waals surface area contributed by atoms with Gasteiger partial charge in [0.05, 0.1) is 12.6 Å². The van der Waals surface area contributed by atoms with Gasteiger partial charge in [-0.15, -0.1) is 0 Å². The number of ether oxygens (including phenoxy) is 1. The highest BCUT2D eigenvalue weighted by molar-refractivity contribution is 5.42. The van der Waals surface area contributed by atoms with Crippen molar-refractivity contribution in [2.45, 2.75) is 51.3 Å². The first-order valence-electron chi connectivity index (χ1n) is 8.76. The molecule has 4 N–H and O–H groups in total. The van der Waals surface area contributed by atoms with Crippen LogP contribution in [0, 0.1) is 12.3 Å². The predicted molar refractivity (Wildman–Crippen MR) is 94.9 cm³/mol. The van der Waals surface area contributed by atoms with Crippen LogP contribution >= 0.6 is 0 Å². The Bertz CT molecular complexity index is 715. The lowest BCUT2D eigenvalue weighted by Crippen LogP contribution is -2.42. The third kappa shape index (κ3) is 2.22. The zero-order valence-corrected chi connectivity index (χ0v) is 14.7. The van der Waals surface area contributed by atoms with Crippen LogP contribution in [0.5, 0.6) is 0 Å². The fourth-order valence-electron chi connectivity index (χ4n) is 4.48. The van der Waals surface area contributed by atoms with Gasteiger partial charge in [-0.2, -0.15) is 0 Å². The highest BCUT2D eigenvalue weighted by Gasteiger charge is 2.58. The summed E-state index contributed by atoms with van der Waals surface area (Å²) in [7, 11) is 0. The van der Waals surface area contributed by atoms with Crippen LogP contribution in [0.25, 0.3) is 0 Å². The number of aromatic nitrogens is 1. The summed E-state index contributed by atoms with van der Waals surface area (Å²) < 4.78 is 8.59. The molecule has 0 amide bonds. The lowest BCUT2D eigenvalue weighted by atomic mass is 9.84. The van der Waals surface area contributed by atoms with E-state index in [0.29, 0.717) is 23.0 Å². The Labute approximate surface area is 143 Å². The molecular weight excluding hydrogens is 302 g/mol. The van der Waals surface area contributed by atoms with Crippen molar-refractivity contribution in [2.24, 2.45) is 5.41 Å². The van der Waals surface area contributed by atoms with Crippen molar-refractivity contribution < 1.29 is 9.84 Å². The summed E-state index contributed by atoms with van der Waals surface area (Å²) in [5, 5.41) is 13.8. The van der Waals surface area contributed by atoms with E-state index in [1.165, 1.54) is 12.8 Å². The Kier molecular flexibility index (Phi) is 3.38. The average molecular weight is 329 g/mol. The van der Waals surface area contributed by atoms with Crippen molar-refractivity contribution in [3.63, 3.8) is 0 Å². The minimum absolute atomic E-state index is 0.138. The van der Waals surface area contributed by atoms with E-state index in [1.807, 2.05) is 32.1 Å². The smallest absolute Gasteiger partial charge is 0.116 e. The number of nitrogens with two attached hydrogens (primary N) is 1. The number of nitrogens with zero attached hydrogens (tertiary/aromatic N) is 1. The molecule has 2 fully saturated rings. The maximum absolute atomic E-state index is 10.3. The third-order valence-corrected chi connectivity index (χ3v) is 6.21. The van der Waals surface area contributed by atoms with Crippen molar-refractivity contribution in [3.8, 4) is 0 Å². The molecule has 0 spiro atoms. The van der Waals surface area contributed by atoms with Crippen molar-refractivity contribution >= 4 is 5.82 Å². The van der Waals surface area contributed by atoms with Crippen molar-refractivity contribution in [1.29, 1.82) is 0 Å². The number of aliphatic hydroxyl groups is 1. The van der Waals surface area contributed by atoms with Gasteiger partial charge in [-0.1, -0.05) is 0 Å². The number of hydrogen-bond donors (Lipinski definition) is 3. The van der Waals surface area contributed by atoms with E-state index in [2.05, 4.69) is 16.8 Å². The van der Waals surface area contributed by atoms with Gasteiger partial charge in [0.2, 0.25) is 0 Å². The van der Waals surface area contributed by atoms with Crippen LogP contribution in [-0.4, -0.2) is 34.5 Å². The van der Waals surface area contributed by atoms with Crippen LogP contribution in [0.2, 0.25) is 0 Å². The molecule has 1 aromatic heterocycles. The predicted octanol–water partition coefficient (Wildman–Crippen LogP) is 2.85. The second kappa shape index (κ2) is 5.14. The molecule has 1 saturated heterocycles. The second-order valence-electron chi connectivity index (χ2n) is 7.87. The van der Waals surface area contributed by atoms with E-state index in [4.69, 9.17) is 10.5 Å². The van der Waals surface area contributed by atoms with Crippen LogP contribution in [0.1, 0.15) is 38.4 Å². The van der Waals surface area contributed by atoms with Gasteiger partial charge in [0.15, 0.2) is 0 Å². The Morgan fingerprint density at radius 2 is 2.21 bits per heavy atom. The van der Waals surface area contributed by atoms with Crippen LogP contribution < -0.4 is 11.1 Å². The number of aryl methyl sites for hydroxylation is 1. The summed E-state index contributed by atoms with van der Waals surface area (Å²) in [5.41, 5.74) is 7.97. The molecule has 5 heteroatoms. The zero-order chi connectivity index (χ0) is 17.1. The molecule has 4 rings (SSSR count). The van der Waals surface area contributed by atoms with Crippen LogP contribution in [-0.2, 0) is 4.74 Å². The lowest BCUT2D eigenvalue weighted by Gasteiger charge is -2.41. The van der Waals surface area contributed by atoms with E-state index in [-0.39, 0.29) is 6.04 Å². The Balaban J connectivity index is 1.66. The van der Waals surface area contributed by atoms with Crippen LogP contribution in [0.4, 0.5) is 5.82 Å². The van der Waals surface area contributed by atoms with E-state index >= 15 is 0 Å². The fraction of sp³-hybridized carbons (Fsp3) is 0.579. The highest BCUT2D eigenvalue weighted by atomic mass is 16.5. The molecule has 1 aromatic rings. The summed E-state index contributed by atoms with van der Waals surface area (Å²) in [4.78, 5) is 0. The molecule has 2 heterocycles. The molecule has 4 atom stereocenters. The Morgan fingerprint density at radius 3 is 2.79 bits per heavy atom. The zero-order valence-electron chi connectivity index (χ0n) is 14.7. The van der Waals surface area contributed by atoms with Crippen LogP contribution in [0.3, 0.4) is 0 Å². The number of nitrogens with one attached hydrogen (secondary N) is 1. The van der Waals surface area contributed by atoms with E-state index in [1.54, 1.807) is 6.08 Å². The molecule has 1 aliphatic heterocycles. The molecule has 5 nitrogen and oxygen atoms in total. The van der Waals surface area contributed by atoms with Gasteiger partial charge in [0.1, 0.15) is 17.2 Å². The van der Waals surface area contributed by atoms with Crippen molar-refractivity contribution in [1.82, 2.24) is 9.88 Å². The summed E-state index contributed by atoms with van der Waals surface area (Å²) in [6, 6.07) is 4.40. The SMILES string of the molecule is CC1=C(O)C=CC(C)(OCC23CCNC2C3)C1n1c(C)ccc1N. The molecule has 130 valence electrons. The van der Waals surface area contributed by atoms with Gasteiger partial charge in [0, 0.05) is 17.2 Å². The third-order valence-electron chi connectivity index (χ3n) is 6.21. The standard InChI is InChI=1S/C19H27N3O2/c1-12-4-5-16(20)22(12)17-13(2)14(23)6-7-18(17,3)24-11-19-8-9-21-15(19)10-19/h4-7,15,17,21,23H,8-11,20H2,1-3H3. The molecule has 0 bridgehead atoms. The Hall–Kier alpha value is -1.72. The first-order chi connectivity index (χ1) is 11.4. The molecule has 0 aromatic carbocycles. The van der Waals surface area contributed by atoms with Gasteiger partial charge in [-0.25, -0.2) is 0 Å². The molecule has 24 heavy (non-hydrogen) atoms. The monoisotopic (exact) mass is 329 g/mol. The number of nitrogen functional groups attached to an aromatic ring is 1. The number of hydrogen-bond acceptors (Lipinski definition) is 4. The largest absolute Gasteiger partial charge is 0.508 e. The minimum atomic E-state index is -0.529. The maximum Gasteiger partial charge on any atom is 0.116 e. The molecular formula is C19H27N3O2. The maximum atomic E-state index is 10.3. The number of allylic oxidation sites excluding steroid dienone is 1. The van der Waals surface area contributed by atoms with Gasteiger partial charge < -0.3 is 25.5 Å². The molecule has 1 saturated carbocycles. The fourth-order valence-corrected chi connectivity index (χ4v) is 4.48. The Morgan fingerprint density at radius 1 is 1.42 bits per heavy atom. The van der Waals surface area contributed by atoms with E-state index < -0.39 is 5.60 Å². The highest BCUT2D eigenvalue weighted by Crippen LogP contribution is 2.54. The summed E-state index contributed by atoms with van der Waals surface area (Å²) in [5.74, 6) is 0.998. The number of piperidine rings is 1. The van der Waals surface area contributed by atoms with Gasteiger partial charge >= 0.3 is 0 Å². The average Bonchev–Trinajstić information content (AvgIpc) is 2.94. The summed E-state index contributed by atoms with van der Waals surface area (Å²) in [6.45, 7) is 7.93. The van der Waals surface area contributed by atoms with Crippen molar-refractivity contribution in [3.05, 3.63) is 41.3 Å².